The molecule has 5 heteroatoms. The number of methoxy groups -OCH3 is 1. The number of esters is 1. The number of hydrogen-bond acceptors (Lipinski definition) is 5. The molecule has 0 rings (SSSR count). The predicted octanol–water partition coefficient (Wildman–Crippen LogP) is 2.63. The monoisotopic (exact) mass is 290 g/mol. The Morgan fingerprint density at radius 3 is 2.00 bits per heavy atom. The highest BCUT2D eigenvalue weighted by atomic mass is 32.2. The summed E-state index contributed by atoms with van der Waals surface area (Å²) in [5.41, 5.74) is -1.78. The van der Waals surface area contributed by atoms with E-state index in [4.69, 9.17) is 0 Å². The van der Waals surface area contributed by atoms with Crippen LogP contribution in [-0.2, 0) is 14.3 Å². The van der Waals surface area contributed by atoms with Gasteiger partial charge in [-0.05, 0) is 19.3 Å². The first-order chi connectivity index (χ1) is 8.41. The van der Waals surface area contributed by atoms with Gasteiger partial charge in [0, 0.05) is 4.75 Å². The van der Waals surface area contributed by atoms with E-state index < -0.39 is 17.5 Å². The molecule has 1 N–H and O–H groups in total. The van der Waals surface area contributed by atoms with Crippen LogP contribution in [0.4, 0.5) is 0 Å². The summed E-state index contributed by atoms with van der Waals surface area (Å²) in [7, 11) is 1.21. The second-order valence-corrected chi connectivity index (χ2v) is 8.19. The fraction of sp³-hybridized carbons (Fsp3) is 0.857. The van der Waals surface area contributed by atoms with E-state index in [1.54, 1.807) is 0 Å². The highest BCUT2D eigenvalue weighted by Crippen LogP contribution is 2.35. The van der Waals surface area contributed by atoms with Crippen LogP contribution in [-0.4, -0.2) is 33.6 Å². The number of aliphatic hydroxyl groups is 1. The predicted molar refractivity (Wildman–Crippen MR) is 77.9 cm³/mol. The first kappa shape index (κ1) is 18.4. The number of hydrogen-bond donors (Lipinski definition) is 1. The van der Waals surface area contributed by atoms with Crippen LogP contribution in [0, 0.1) is 11.8 Å². The number of carbonyl (C=O) groups excluding carboxylic acids is 2. The van der Waals surface area contributed by atoms with Gasteiger partial charge in [-0.1, -0.05) is 46.4 Å². The van der Waals surface area contributed by atoms with E-state index in [0.29, 0.717) is 6.42 Å². The van der Waals surface area contributed by atoms with E-state index in [9.17, 15) is 14.7 Å². The molecule has 0 aliphatic carbocycles. The van der Waals surface area contributed by atoms with Crippen molar-refractivity contribution in [3.8, 4) is 0 Å². The Balaban J connectivity index is 5.21. The molecule has 0 aliphatic rings. The third kappa shape index (κ3) is 5.95. The van der Waals surface area contributed by atoms with E-state index in [1.807, 2.05) is 34.6 Å². The fourth-order valence-electron chi connectivity index (χ4n) is 1.75. The van der Waals surface area contributed by atoms with Crippen molar-refractivity contribution in [3.05, 3.63) is 0 Å². The second-order valence-electron chi connectivity index (χ2n) is 6.35. The lowest BCUT2D eigenvalue weighted by atomic mass is 9.83. The van der Waals surface area contributed by atoms with Crippen LogP contribution in [0.2, 0.25) is 0 Å². The van der Waals surface area contributed by atoms with E-state index >= 15 is 0 Å². The molecule has 0 fully saturated rings. The third-order valence-corrected chi connectivity index (χ3v) is 3.77. The third-order valence-electron chi connectivity index (χ3n) is 2.68. The molecular weight excluding hydrogens is 264 g/mol. The average Bonchev–Trinajstić information content (AvgIpc) is 2.21. The van der Waals surface area contributed by atoms with E-state index in [2.05, 4.69) is 4.74 Å². The molecule has 19 heavy (non-hydrogen) atoms. The summed E-state index contributed by atoms with van der Waals surface area (Å²) in [4.78, 5) is 24.0. The highest BCUT2D eigenvalue weighted by Gasteiger charge is 2.45. The van der Waals surface area contributed by atoms with Gasteiger partial charge in [-0.15, -0.1) is 0 Å². The molecule has 0 saturated carbocycles. The van der Waals surface area contributed by atoms with Crippen molar-refractivity contribution in [3.63, 3.8) is 0 Å². The van der Waals surface area contributed by atoms with Crippen molar-refractivity contribution < 1.29 is 19.4 Å². The van der Waals surface area contributed by atoms with Crippen LogP contribution < -0.4 is 0 Å². The Morgan fingerprint density at radius 1 is 1.21 bits per heavy atom. The highest BCUT2D eigenvalue weighted by molar-refractivity contribution is 8.14. The second kappa shape index (κ2) is 6.75. The van der Waals surface area contributed by atoms with Crippen molar-refractivity contribution in [2.45, 2.75) is 58.3 Å². The summed E-state index contributed by atoms with van der Waals surface area (Å²) in [5.74, 6) is -1.32. The zero-order valence-electron chi connectivity index (χ0n) is 12.9. The first-order valence-corrected chi connectivity index (χ1v) is 7.27. The lowest BCUT2D eigenvalue weighted by Crippen LogP contribution is -2.47. The van der Waals surface area contributed by atoms with Gasteiger partial charge in [0.05, 0.1) is 13.0 Å². The van der Waals surface area contributed by atoms with E-state index in [1.165, 1.54) is 14.0 Å². The van der Waals surface area contributed by atoms with Gasteiger partial charge < -0.3 is 9.84 Å². The van der Waals surface area contributed by atoms with Crippen LogP contribution >= 0.6 is 11.8 Å². The lowest BCUT2D eigenvalue weighted by molar-refractivity contribution is -0.168. The Bertz CT molecular complexity index is 329. The minimum Gasteiger partial charge on any atom is -0.467 e. The van der Waals surface area contributed by atoms with Crippen molar-refractivity contribution in [2.75, 3.05) is 7.11 Å². The normalized spacial score (nSPS) is 16.9. The number of carbonyl (C=O) groups is 2. The molecule has 0 amide bonds. The molecule has 4 nitrogen and oxygen atoms in total. The number of ether oxygens (including phenoxy) is 1. The molecule has 0 unspecified atom stereocenters. The van der Waals surface area contributed by atoms with Crippen LogP contribution in [0.3, 0.4) is 0 Å². The molecule has 112 valence electrons. The van der Waals surface area contributed by atoms with E-state index in [0.717, 1.165) is 11.8 Å². The summed E-state index contributed by atoms with van der Waals surface area (Å²) < 4.78 is 4.36. The minimum atomic E-state index is -1.78. The molecule has 0 aromatic carbocycles. The first-order valence-electron chi connectivity index (χ1n) is 6.45. The topological polar surface area (TPSA) is 63.6 Å². The molecule has 0 bridgehead atoms. The lowest BCUT2D eigenvalue weighted by Gasteiger charge is -2.31. The van der Waals surface area contributed by atoms with Crippen LogP contribution in [0.15, 0.2) is 0 Å². The van der Waals surface area contributed by atoms with Gasteiger partial charge in [-0.3, -0.25) is 4.79 Å². The van der Waals surface area contributed by atoms with Crippen molar-refractivity contribution in [1.82, 2.24) is 0 Å². The van der Waals surface area contributed by atoms with Crippen molar-refractivity contribution >= 4 is 22.8 Å². The summed E-state index contributed by atoms with van der Waals surface area (Å²) in [6.45, 7) is 11.0. The summed E-state index contributed by atoms with van der Waals surface area (Å²) >= 11 is 1.15. The van der Waals surface area contributed by atoms with Gasteiger partial charge in [0.2, 0.25) is 0 Å². The van der Waals surface area contributed by atoms with Gasteiger partial charge in [-0.2, -0.15) is 0 Å². The van der Waals surface area contributed by atoms with Crippen LogP contribution in [0.5, 0.6) is 0 Å². The molecule has 2 atom stereocenters. The molecule has 0 spiro atoms. The summed E-state index contributed by atoms with van der Waals surface area (Å²) in [6, 6.07) is 0. The SMILES string of the molecule is COC(=O)[C@](C)(O)[C@@H](CC(C)C)C(=O)SC(C)(C)C. The Kier molecular flexibility index (Phi) is 6.55. The quantitative estimate of drug-likeness (QED) is 0.789. The summed E-state index contributed by atoms with van der Waals surface area (Å²) in [6.07, 6.45) is 0.448. The minimum absolute atomic E-state index is 0.170. The van der Waals surface area contributed by atoms with Crippen molar-refractivity contribution in [2.24, 2.45) is 11.8 Å². The maximum Gasteiger partial charge on any atom is 0.338 e. The zero-order valence-corrected chi connectivity index (χ0v) is 13.8. The molecule has 0 aromatic rings. The maximum absolute atomic E-state index is 12.4. The number of thioether (sulfide) groups is 1. The largest absolute Gasteiger partial charge is 0.467 e. The molecular formula is C14H26O4S. The average molecular weight is 290 g/mol. The summed E-state index contributed by atoms with van der Waals surface area (Å²) in [5, 5.41) is 10.2. The standard InChI is InChI=1S/C14H26O4S/c1-9(2)8-10(11(15)19-13(3,4)5)14(6,17)12(16)18-7/h9-10,17H,8H2,1-7H3/t10-,14+/m0/s1. The molecule has 0 saturated heterocycles. The smallest absolute Gasteiger partial charge is 0.338 e. The Morgan fingerprint density at radius 2 is 1.68 bits per heavy atom. The fourth-order valence-corrected chi connectivity index (χ4v) is 2.82. The van der Waals surface area contributed by atoms with E-state index in [-0.39, 0.29) is 15.8 Å². The van der Waals surface area contributed by atoms with Crippen LogP contribution in [0.25, 0.3) is 0 Å². The molecule has 0 aromatic heterocycles. The van der Waals surface area contributed by atoms with Gasteiger partial charge in [0.1, 0.15) is 0 Å². The Labute approximate surface area is 120 Å². The van der Waals surface area contributed by atoms with Gasteiger partial charge in [0.25, 0.3) is 0 Å². The zero-order chi connectivity index (χ0) is 15.4. The molecule has 0 heterocycles. The van der Waals surface area contributed by atoms with Gasteiger partial charge in [-0.25, -0.2) is 4.79 Å². The number of rotatable bonds is 5. The van der Waals surface area contributed by atoms with Gasteiger partial charge in [0.15, 0.2) is 10.7 Å². The Hall–Kier alpha value is -0.550. The molecule has 0 aliphatic heterocycles. The molecule has 0 radical (unpaired) electrons. The van der Waals surface area contributed by atoms with Crippen LogP contribution in [0.1, 0.15) is 48.0 Å². The van der Waals surface area contributed by atoms with Crippen molar-refractivity contribution in [1.29, 1.82) is 0 Å². The maximum atomic E-state index is 12.4. The van der Waals surface area contributed by atoms with Gasteiger partial charge >= 0.3 is 5.97 Å².